The van der Waals surface area contributed by atoms with Gasteiger partial charge in [-0.25, -0.2) is 8.78 Å². The minimum Gasteiger partial charge on any atom is -0.384 e. The van der Waals surface area contributed by atoms with Crippen LogP contribution < -0.4 is 0 Å². The zero-order chi connectivity index (χ0) is 13.3. The summed E-state index contributed by atoms with van der Waals surface area (Å²) in [4.78, 5) is 0. The first-order chi connectivity index (χ1) is 8.47. The lowest BCUT2D eigenvalue weighted by Gasteiger charge is -2.14. The molecule has 0 saturated heterocycles. The van der Waals surface area contributed by atoms with E-state index in [4.69, 9.17) is 0 Å². The van der Waals surface area contributed by atoms with Crippen LogP contribution in [0.15, 0.2) is 36.4 Å². The first kappa shape index (κ1) is 12.7. The zero-order valence-electron chi connectivity index (χ0n) is 10.2. The highest BCUT2D eigenvalue weighted by Gasteiger charge is 2.16. The number of halogens is 2. The van der Waals surface area contributed by atoms with Crippen molar-refractivity contribution in [3.8, 4) is 0 Å². The van der Waals surface area contributed by atoms with E-state index in [1.807, 2.05) is 19.9 Å². The Morgan fingerprint density at radius 2 is 1.56 bits per heavy atom. The number of aliphatic hydroxyl groups is 1. The molecule has 2 aromatic carbocycles. The molecule has 1 atom stereocenters. The summed E-state index contributed by atoms with van der Waals surface area (Å²) < 4.78 is 26.4. The number of benzene rings is 2. The molecule has 0 aromatic heterocycles. The molecule has 0 aliphatic rings. The Balaban J connectivity index is 2.44. The van der Waals surface area contributed by atoms with E-state index in [0.717, 1.165) is 23.3 Å². The van der Waals surface area contributed by atoms with Gasteiger partial charge in [0.1, 0.15) is 17.7 Å². The molecule has 2 aromatic rings. The number of hydrogen-bond acceptors (Lipinski definition) is 1. The van der Waals surface area contributed by atoms with E-state index in [1.54, 1.807) is 12.1 Å². The van der Waals surface area contributed by atoms with Gasteiger partial charge in [-0.2, -0.15) is 0 Å². The highest BCUT2D eigenvalue weighted by Crippen LogP contribution is 2.26. The van der Waals surface area contributed by atoms with Gasteiger partial charge in [0.2, 0.25) is 0 Å². The monoisotopic (exact) mass is 248 g/mol. The molecule has 0 aliphatic carbocycles. The van der Waals surface area contributed by atoms with E-state index in [0.29, 0.717) is 5.56 Å². The van der Waals surface area contributed by atoms with Crippen molar-refractivity contribution < 1.29 is 13.9 Å². The van der Waals surface area contributed by atoms with Crippen LogP contribution in [0.5, 0.6) is 0 Å². The molecule has 0 heterocycles. The Morgan fingerprint density at radius 1 is 0.944 bits per heavy atom. The second-order valence-electron chi connectivity index (χ2n) is 4.49. The van der Waals surface area contributed by atoms with Crippen molar-refractivity contribution in [1.29, 1.82) is 0 Å². The van der Waals surface area contributed by atoms with Crippen molar-refractivity contribution in [3.63, 3.8) is 0 Å². The summed E-state index contributed by atoms with van der Waals surface area (Å²) in [6, 6.07) is 8.75. The molecule has 0 bridgehead atoms. The average molecular weight is 248 g/mol. The van der Waals surface area contributed by atoms with E-state index in [9.17, 15) is 13.9 Å². The van der Waals surface area contributed by atoms with Crippen molar-refractivity contribution in [3.05, 3.63) is 70.3 Å². The van der Waals surface area contributed by atoms with Gasteiger partial charge in [0.25, 0.3) is 0 Å². The maximum atomic E-state index is 13.6. The van der Waals surface area contributed by atoms with Crippen molar-refractivity contribution in [2.24, 2.45) is 0 Å². The molecule has 0 aliphatic heterocycles. The fourth-order valence-corrected chi connectivity index (χ4v) is 2.07. The Morgan fingerprint density at radius 3 is 2.11 bits per heavy atom. The van der Waals surface area contributed by atoms with Gasteiger partial charge in [-0.1, -0.05) is 35.4 Å². The smallest absolute Gasteiger partial charge is 0.132 e. The molecular weight excluding hydrogens is 234 g/mol. The number of hydrogen-bond donors (Lipinski definition) is 1. The van der Waals surface area contributed by atoms with Crippen LogP contribution in [0.2, 0.25) is 0 Å². The minimum absolute atomic E-state index is 0.0846. The fourth-order valence-electron chi connectivity index (χ4n) is 2.07. The van der Waals surface area contributed by atoms with Crippen LogP contribution in [0, 0.1) is 25.5 Å². The molecule has 0 fully saturated rings. The number of aliphatic hydroxyl groups excluding tert-OH is 1. The predicted octanol–water partition coefficient (Wildman–Crippen LogP) is 3.66. The van der Waals surface area contributed by atoms with Gasteiger partial charge in [0.05, 0.1) is 0 Å². The molecule has 1 N–H and O–H groups in total. The molecule has 18 heavy (non-hydrogen) atoms. The molecule has 2 rings (SSSR count). The highest BCUT2D eigenvalue weighted by molar-refractivity contribution is 5.36. The third-order valence-corrected chi connectivity index (χ3v) is 2.82. The fraction of sp³-hybridized carbons (Fsp3) is 0.200. The summed E-state index contributed by atoms with van der Waals surface area (Å²) >= 11 is 0. The summed E-state index contributed by atoms with van der Waals surface area (Å²) in [6.07, 6.45) is -1.08. The highest BCUT2D eigenvalue weighted by atomic mass is 19.1. The van der Waals surface area contributed by atoms with Crippen molar-refractivity contribution in [2.45, 2.75) is 20.0 Å². The molecule has 0 spiro atoms. The SMILES string of the molecule is Cc1cc(C)cc(C(O)c2ccc(F)cc2F)c1. The van der Waals surface area contributed by atoms with Crippen LogP contribution in [0.25, 0.3) is 0 Å². The van der Waals surface area contributed by atoms with Crippen molar-refractivity contribution in [2.75, 3.05) is 0 Å². The van der Waals surface area contributed by atoms with Gasteiger partial charge in [-0.3, -0.25) is 0 Å². The van der Waals surface area contributed by atoms with Gasteiger partial charge in [0.15, 0.2) is 0 Å². The molecule has 0 radical (unpaired) electrons. The first-order valence-electron chi connectivity index (χ1n) is 5.68. The van der Waals surface area contributed by atoms with E-state index in [1.165, 1.54) is 6.07 Å². The standard InChI is InChI=1S/C15H14F2O/c1-9-5-10(2)7-11(6-9)15(18)13-4-3-12(16)8-14(13)17/h3-8,15,18H,1-2H3. The quantitative estimate of drug-likeness (QED) is 0.859. The predicted molar refractivity (Wildman–Crippen MR) is 66.3 cm³/mol. The second-order valence-corrected chi connectivity index (χ2v) is 4.49. The Kier molecular flexibility index (Phi) is 3.43. The molecule has 0 amide bonds. The Hall–Kier alpha value is -1.74. The Bertz CT molecular complexity index is 558. The van der Waals surface area contributed by atoms with Crippen LogP contribution in [0.1, 0.15) is 28.4 Å². The molecule has 94 valence electrons. The summed E-state index contributed by atoms with van der Waals surface area (Å²) in [5.74, 6) is -1.38. The van der Waals surface area contributed by atoms with Crippen LogP contribution in [0.4, 0.5) is 8.78 Å². The first-order valence-corrected chi connectivity index (χ1v) is 5.68. The van der Waals surface area contributed by atoms with Crippen molar-refractivity contribution >= 4 is 0 Å². The van der Waals surface area contributed by atoms with Gasteiger partial charge in [-0.05, 0) is 25.5 Å². The zero-order valence-corrected chi connectivity index (χ0v) is 10.2. The summed E-state index contributed by atoms with van der Waals surface area (Å²) in [5, 5.41) is 10.2. The van der Waals surface area contributed by atoms with Crippen LogP contribution >= 0.6 is 0 Å². The van der Waals surface area contributed by atoms with Crippen LogP contribution in [-0.2, 0) is 0 Å². The molecule has 1 nitrogen and oxygen atoms in total. The maximum Gasteiger partial charge on any atom is 0.132 e. The molecule has 3 heteroatoms. The minimum atomic E-state index is -1.08. The normalized spacial score (nSPS) is 12.5. The van der Waals surface area contributed by atoms with Crippen LogP contribution in [0.3, 0.4) is 0 Å². The maximum absolute atomic E-state index is 13.6. The lowest BCUT2D eigenvalue weighted by Crippen LogP contribution is -2.03. The molecule has 1 unspecified atom stereocenters. The summed E-state index contributed by atoms with van der Waals surface area (Å²) in [5.41, 5.74) is 2.68. The van der Waals surface area contributed by atoms with Crippen LogP contribution in [-0.4, -0.2) is 5.11 Å². The molecular formula is C15H14F2O. The van der Waals surface area contributed by atoms with Gasteiger partial charge >= 0.3 is 0 Å². The lowest BCUT2D eigenvalue weighted by atomic mass is 9.97. The van der Waals surface area contributed by atoms with E-state index < -0.39 is 17.7 Å². The Labute approximate surface area is 105 Å². The lowest BCUT2D eigenvalue weighted by molar-refractivity contribution is 0.214. The third kappa shape index (κ3) is 2.57. The van der Waals surface area contributed by atoms with Gasteiger partial charge in [-0.15, -0.1) is 0 Å². The van der Waals surface area contributed by atoms with E-state index >= 15 is 0 Å². The van der Waals surface area contributed by atoms with Gasteiger partial charge < -0.3 is 5.11 Å². The third-order valence-electron chi connectivity index (χ3n) is 2.82. The second kappa shape index (κ2) is 4.86. The van der Waals surface area contributed by atoms with E-state index in [2.05, 4.69) is 0 Å². The van der Waals surface area contributed by atoms with E-state index in [-0.39, 0.29) is 5.56 Å². The number of rotatable bonds is 2. The molecule has 0 saturated carbocycles. The summed E-state index contributed by atoms with van der Waals surface area (Å²) in [7, 11) is 0. The largest absolute Gasteiger partial charge is 0.384 e. The summed E-state index contributed by atoms with van der Waals surface area (Å²) in [6.45, 7) is 3.81. The average Bonchev–Trinajstić information content (AvgIpc) is 2.26. The van der Waals surface area contributed by atoms with Gasteiger partial charge in [0, 0.05) is 11.6 Å². The van der Waals surface area contributed by atoms with Crippen molar-refractivity contribution in [1.82, 2.24) is 0 Å². The number of aryl methyl sites for hydroxylation is 2. The topological polar surface area (TPSA) is 20.2 Å².